The molecule has 0 radical (unpaired) electrons. The Kier molecular flexibility index (Phi) is 5.07. The topological polar surface area (TPSA) is 70.5 Å². The molecule has 1 amide bonds. The predicted octanol–water partition coefficient (Wildman–Crippen LogP) is 2.83. The zero-order valence-corrected chi connectivity index (χ0v) is 13.6. The lowest BCUT2D eigenvalue weighted by Crippen LogP contribution is -2.46. The zero-order valence-electron chi connectivity index (χ0n) is 13.6. The van der Waals surface area contributed by atoms with Gasteiger partial charge in [-0.3, -0.25) is 14.6 Å². The summed E-state index contributed by atoms with van der Waals surface area (Å²) in [6.07, 6.45) is 4.41. The Hall–Kier alpha value is -2.76. The third-order valence-corrected chi connectivity index (χ3v) is 4.58. The summed E-state index contributed by atoms with van der Waals surface area (Å²) in [7, 11) is 0. The number of hydrogen-bond donors (Lipinski definition) is 1. The number of rotatable bonds is 5. The zero-order chi connectivity index (χ0) is 17.8. The highest BCUT2D eigenvalue weighted by Crippen LogP contribution is 2.37. The first-order valence-electron chi connectivity index (χ1n) is 8.23. The minimum absolute atomic E-state index is 0.101. The van der Waals surface area contributed by atoms with Crippen LogP contribution in [-0.4, -0.2) is 33.4 Å². The van der Waals surface area contributed by atoms with Crippen molar-refractivity contribution in [1.29, 1.82) is 0 Å². The number of carbonyl (C=O) groups is 2. The highest BCUT2D eigenvalue weighted by Gasteiger charge is 2.40. The van der Waals surface area contributed by atoms with E-state index in [4.69, 9.17) is 0 Å². The predicted molar refractivity (Wildman–Crippen MR) is 89.2 cm³/mol. The molecule has 2 heterocycles. The molecule has 0 unspecified atom stereocenters. The number of hydrogen-bond acceptors (Lipinski definition) is 3. The van der Waals surface area contributed by atoms with Gasteiger partial charge in [-0.2, -0.15) is 0 Å². The first-order valence-corrected chi connectivity index (χ1v) is 8.23. The molecule has 25 heavy (non-hydrogen) atoms. The van der Waals surface area contributed by atoms with Crippen molar-refractivity contribution in [2.45, 2.75) is 25.3 Å². The summed E-state index contributed by atoms with van der Waals surface area (Å²) in [5, 5.41) is 9.59. The van der Waals surface area contributed by atoms with E-state index < -0.39 is 23.7 Å². The van der Waals surface area contributed by atoms with Crippen LogP contribution in [0, 0.1) is 11.7 Å². The monoisotopic (exact) mass is 342 g/mol. The molecule has 6 heteroatoms. The fourth-order valence-electron chi connectivity index (χ4n) is 3.37. The molecule has 1 fully saturated rings. The van der Waals surface area contributed by atoms with Gasteiger partial charge in [-0.15, -0.1) is 0 Å². The van der Waals surface area contributed by atoms with Crippen molar-refractivity contribution in [3.8, 4) is 0 Å². The largest absolute Gasteiger partial charge is 0.481 e. The lowest BCUT2D eigenvalue weighted by molar-refractivity contribution is -0.152. The second-order valence-corrected chi connectivity index (χ2v) is 6.18. The number of aliphatic carboxylic acids is 1. The summed E-state index contributed by atoms with van der Waals surface area (Å²) in [6, 6.07) is 8.91. The van der Waals surface area contributed by atoms with Crippen molar-refractivity contribution in [1.82, 2.24) is 9.88 Å². The maximum absolute atomic E-state index is 13.7. The summed E-state index contributed by atoms with van der Waals surface area (Å²) in [5.74, 6) is -2.25. The Morgan fingerprint density at radius 3 is 2.84 bits per heavy atom. The molecule has 3 rings (SSSR count). The molecule has 2 atom stereocenters. The first-order chi connectivity index (χ1) is 12.1. The quantitative estimate of drug-likeness (QED) is 0.907. The van der Waals surface area contributed by atoms with Gasteiger partial charge in [0, 0.05) is 25.4 Å². The molecule has 1 aliphatic heterocycles. The number of nitrogens with zero attached hydrogens (tertiary/aromatic N) is 2. The summed E-state index contributed by atoms with van der Waals surface area (Å²) in [5.41, 5.74) is 1.48. The summed E-state index contributed by atoms with van der Waals surface area (Å²) in [4.78, 5) is 29.8. The van der Waals surface area contributed by atoms with Gasteiger partial charge in [-0.1, -0.05) is 18.2 Å². The number of carboxylic acids is 1. The van der Waals surface area contributed by atoms with Gasteiger partial charge in [0.1, 0.15) is 5.82 Å². The maximum atomic E-state index is 13.7. The number of amides is 1. The molecule has 1 aromatic heterocycles. The molecule has 1 N–H and O–H groups in total. The van der Waals surface area contributed by atoms with Crippen molar-refractivity contribution in [2.75, 3.05) is 6.54 Å². The van der Waals surface area contributed by atoms with Crippen LogP contribution in [0.25, 0.3) is 0 Å². The van der Waals surface area contributed by atoms with Crippen molar-refractivity contribution in [3.63, 3.8) is 0 Å². The van der Waals surface area contributed by atoms with Crippen LogP contribution < -0.4 is 0 Å². The van der Waals surface area contributed by atoms with E-state index in [-0.39, 0.29) is 18.7 Å². The third kappa shape index (κ3) is 3.84. The minimum atomic E-state index is -0.965. The molecule has 1 aliphatic rings. The minimum Gasteiger partial charge on any atom is -0.481 e. The average molecular weight is 342 g/mol. The normalized spacial score (nSPS) is 20.5. The van der Waals surface area contributed by atoms with E-state index in [0.717, 1.165) is 5.56 Å². The molecule has 1 aromatic carbocycles. The Balaban J connectivity index is 1.90. The van der Waals surface area contributed by atoms with Gasteiger partial charge in [0.2, 0.25) is 5.91 Å². The number of piperidine rings is 1. The van der Waals surface area contributed by atoms with Crippen molar-refractivity contribution < 1.29 is 19.1 Å². The molecule has 0 aliphatic carbocycles. The number of aromatic nitrogens is 1. The van der Waals surface area contributed by atoms with Gasteiger partial charge >= 0.3 is 5.97 Å². The second-order valence-electron chi connectivity index (χ2n) is 6.18. The summed E-state index contributed by atoms with van der Waals surface area (Å²) >= 11 is 0. The molecule has 130 valence electrons. The van der Waals surface area contributed by atoms with Gasteiger partial charge in [0.05, 0.1) is 12.0 Å². The SMILES string of the molecule is O=C(O)[C@H]1CCC(=O)N(CCc2cccnc2)[C@@H]1c1cccc(F)c1. The van der Waals surface area contributed by atoms with Gasteiger partial charge < -0.3 is 10.0 Å². The Morgan fingerprint density at radius 2 is 2.16 bits per heavy atom. The van der Waals surface area contributed by atoms with Crippen molar-refractivity contribution in [2.24, 2.45) is 5.92 Å². The van der Waals surface area contributed by atoms with Crippen LogP contribution >= 0.6 is 0 Å². The second kappa shape index (κ2) is 7.42. The fraction of sp³-hybridized carbons (Fsp3) is 0.316. The molecule has 0 bridgehead atoms. The van der Waals surface area contributed by atoms with E-state index in [9.17, 15) is 19.1 Å². The molecule has 1 saturated heterocycles. The number of carbonyl (C=O) groups excluding carboxylic acids is 1. The standard InChI is InChI=1S/C19H19FN2O3/c20-15-5-1-4-14(11-15)18-16(19(24)25)6-7-17(23)22(18)10-8-13-3-2-9-21-12-13/h1-5,9,11-12,16,18H,6-8,10H2,(H,24,25)/t16-,18+/m0/s1. The Morgan fingerprint density at radius 1 is 1.32 bits per heavy atom. The van der Waals surface area contributed by atoms with Crippen LogP contribution in [-0.2, 0) is 16.0 Å². The summed E-state index contributed by atoms with van der Waals surface area (Å²) < 4.78 is 13.7. The van der Waals surface area contributed by atoms with Crippen molar-refractivity contribution in [3.05, 3.63) is 65.7 Å². The molecular formula is C19H19FN2O3. The van der Waals surface area contributed by atoms with Crippen LogP contribution in [0.5, 0.6) is 0 Å². The van der Waals surface area contributed by atoms with Crippen LogP contribution in [0.4, 0.5) is 4.39 Å². The van der Waals surface area contributed by atoms with Crippen LogP contribution in [0.1, 0.15) is 30.0 Å². The molecule has 2 aromatic rings. The molecular weight excluding hydrogens is 323 g/mol. The van der Waals surface area contributed by atoms with E-state index in [1.165, 1.54) is 12.1 Å². The van der Waals surface area contributed by atoms with E-state index in [0.29, 0.717) is 18.5 Å². The van der Waals surface area contributed by atoms with E-state index >= 15 is 0 Å². The fourth-order valence-corrected chi connectivity index (χ4v) is 3.37. The lowest BCUT2D eigenvalue weighted by Gasteiger charge is -2.40. The maximum Gasteiger partial charge on any atom is 0.308 e. The van der Waals surface area contributed by atoms with Crippen LogP contribution in [0.3, 0.4) is 0 Å². The number of likely N-dealkylation sites (tertiary alicyclic amines) is 1. The van der Waals surface area contributed by atoms with E-state index in [1.807, 2.05) is 12.1 Å². The van der Waals surface area contributed by atoms with Gasteiger partial charge in [0.15, 0.2) is 0 Å². The van der Waals surface area contributed by atoms with Gasteiger partial charge in [-0.05, 0) is 42.2 Å². The van der Waals surface area contributed by atoms with Gasteiger partial charge in [-0.25, -0.2) is 4.39 Å². The highest BCUT2D eigenvalue weighted by atomic mass is 19.1. The van der Waals surface area contributed by atoms with Crippen LogP contribution in [0.15, 0.2) is 48.8 Å². The molecule has 5 nitrogen and oxygen atoms in total. The molecule has 0 saturated carbocycles. The highest BCUT2D eigenvalue weighted by molar-refractivity contribution is 5.81. The first kappa shape index (κ1) is 17.1. The summed E-state index contributed by atoms with van der Waals surface area (Å²) in [6.45, 7) is 0.371. The van der Waals surface area contributed by atoms with Crippen molar-refractivity contribution >= 4 is 11.9 Å². The van der Waals surface area contributed by atoms with E-state index in [2.05, 4.69) is 4.98 Å². The van der Waals surface area contributed by atoms with Crippen LogP contribution in [0.2, 0.25) is 0 Å². The lowest BCUT2D eigenvalue weighted by atomic mass is 9.84. The number of benzene rings is 1. The van der Waals surface area contributed by atoms with Gasteiger partial charge in [0.25, 0.3) is 0 Å². The number of halogens is 1. The number of pyridine rings is 1. The Labute approximate surface area is 145 Å². The Bertz CT molecular complexity index is 766. The van der Waals surface area contributed by atoms with E-state index in [1.54, 1.807) is 29.4 Å². The average Bonchev–Trinajstić information content (AvgIpc) is 2.61. The number of carboxylic acid groups (broad SMARTS) is 1. The third-order valence-electron chi connectivity index (χ3n) is 4.58. The smallest absolute Gasteiger partial charge is 0.308 e. The molecule has 0 spiro atoms.